The number of carbonyl (C=O) groups excluding carboxylic acids is 2. The van der Waals surface area contributed by atoms with Crippen LogP contribution in [0.25, 0.3) is 0 Å². The van der Waals surface area contributed by atoms with Gasteiger partial charge >= 0.3 is 0 Å². The van der Waals surface area contributed by atoms with Crippen molar-refractivity contribution < 1.29 is 18.0 Å². The van der Waals surface area contributed by atoms with Crippen molar-refractivity contribution in [3.8, 4) is 0 Å². The van der Waals surface area contributed by atoms with Crippen molar-refractivity contribution in [1.29, 1.82) is 0 Å². The summed E-state index contributed by atoms with van der Waals surface area (Å²) in [6.07, 6.45) is 0.883. The fourth-order valence-corrected chi connectivity index (χ4v) is 3.55. The van der Waals surface area contributed by atoms with Crippen molar-refractivity contribution in [3.63, 3.8) is 0 Å². The first kappa shape index (κ1) is 21.9. The predicted molar refractivity (Wildman–Crippen MR) is 109 cm³/mol. The predicted octanol–water partition coefficient (Wildman–Crippen LogP) is 2.33. The third-order valence-corrected chi connectivity index (χ3v) is 5.51. The Kier molecular flexibility index (Phi) is 7.98. The van der Waals surface area contributed by atoms with Crippen LogP contribution in [0.15, 0.2) is 53.4 Å². The highest BCUT2D eigenvalue weighted by molar-refractivity contribution is 7.89. The van der Waals surface area contributed by atoms with E-state index in [1.54, 1.807) is 12.1 Å². The number of hydrogen-bond donors (Lipinski definition) is 3. The van der Waals surface area contributed by atoms with Crippen LogP contribution in [0.5, 0.6) is 0 Å². The van der Waals surface area contributed by atoms with Crippen LogP contribution in [0.4, 0.5) is 5.69 Å². The molecule has 0 saturated heterocycles. The quantitative estimate of drug-likeness (QED) is 0.538. The Morgan fingerprint density at radius 1 is 0.964 bits per heavy atom. The van der Waals surface area contributed by atoms with Gasteiger partial charge in [-0.15, -0.1) is 0 Å². The molecule has 3 N–H and O–H groups in total. The summed E-state index contributed by atoms with van der Waals surface area (Å²) in [4.78, 5) is 22.9. The first-order valence-electron chi connectivity index (χ1n) is 8.65. The summed E-state index contributed by atoms with van der Waals surface area (Å²) >= 11 is 5.82. The summed E-state index contributed by atoms with van der Waals surface area (Å²) in [5.41, 5.74) is 1.52. The van der Waals surface area contributed by atoms with E-state index in [0.717, 1.165) is 5.56 Å². The number of hydrogen-bond acceptors (Lipinski definition) is 4. The molecule has 0 aromatic heterocycles. The Bertz CT molecular complexity index is 913. The Balaban J connectivity index is 1.73. The van der Waals surface area contributed by atoms with Crippen LogP contribution in [-0.4, -0.2) is 33.3 Å². The van der Waals surface area contributed by atoms with Crippen LogP contribution in [-0.2, 0) is 26.0 Å². The van der Waals surface area contributed by atoms with Crippen LogP contribution < -0.4 is 15.4 Å². The van der Waals surface area contributed by atoms with Gasteiger partial charge in [0, 0.05) is 37.1 Å². The molecule has 0 fully saturated rings. The zero-order valence-electron chi connectivity index (χ0n) is 15.4. The fraction of sp³-hybridized carbons (Fsp3) is 0.263. The molecule has 0 aliphatic rings. The fourth-order valence-electron chi connectivity index (χ4n) is 2.39. The Hall–Kier alpha value is -2.42. The van der Waals surface area contributed by atoms with Gasteiger partial charge in [0.25, 0.3) is 0 Å². The first-order valence-corrected chi connectivity index (χ1v) is 10.5. The molecule has 9 heteroatoms. The molecule has 0 spiro atoms. The van der Waals surface area contributed by atoms with Crippen LogP contribution in [0, 0.1) is 0 Å². The lowest BCUT2D eigenvalue weighted by molar-refractivity contribution is -0.121. The van der Waals surface area contributed by atoms with Crippen LogP contribution in [0.3, 0.4) is 0 Å². The van der Waals surface area contributed by atoms with Crippen LogP contribution >= 0.6 is 11.6 Å². The molecule has 0 saturated carbocycles. The summed E-state index contributed by atoms with van der Waals surface area (Å²) in [6, 6.07) is 13.1. The van der Waals surface area contributed by atoms with Crippen LogP contribution in [0.2, 0.25) is 5.02 Å². The number of anilines is 1. The van der Waals surface area contributed by atoms with E-state index < -0.39 is 10.0 Å². The SMILES string of the molecule is CC(=O)Nc1ccc(S(=O)(=O)NCCNC(=O)CCc2ccc(Cl)cc2)cc1. The van der Waals surface area contributed by atoms with E-state index in [2.05, 4.69) is 15.4 Å². The largest absolute Gasteiger partial charge is 0.355 e. The summed E-state index contributed by atoms with van der Waals surface area (Å²) in [5.74, 6) is -0.394. The monoisotopic (exact) mass is 423 g/mol. The van der Waals surface area contributed by atoms with Crippen LogP contribution in [0.1, 0.15) is 18.9 Å². The Labute approximate surface area is 169 Å². The van der Waals surface area contributed by atoms with Gasteiger partial charge in [0.2, 0.25) is 21.8 Å². The lowest BCUT2D eigenvalue weighted by Gasteiger charge is -2.09. The number of sulfonamides is 1. The van der Waals surface area contributed by atoms with E-state index in [-0.39, 0.29) is 29.8 Å². The van der Waals surface area contributed by atoms with E-state index in [1.807, 2.05) is 12.1 Å². The second-order valence-electron chi connectivity index (χ2n) is 6.08. The van der Waals surface area contributed by atoms with Gasteiger partial charge in [-0.25, -0.2) is 13.1 Å². The smallest absolute Gasteiger partial charge is 0.240 e. The molecule has 28 heavy (non-hydrogen) atoms. The maximum atomic E-state index is 12.2. The minimum atomic E-state index is -3.69. The summed E-state index contributed by atoms with van der Waals surface area (Å²) in [5, 5.41) is 5.89. The number of amides is 2. The number of carbonyl (C=O) groups is 2. The number of benzene rings is 2. The normalized spacial score (nSPS) is 11.1. The standard InChI is InChI=1S/C19H22ClN3O4S/c1-14(24)23-17-7-9-18(10-8-17)28(26,27)22-13-12-21-19(25)11-4-15-2-5-16(20)6-3-15/h2-3,5-10,22H,4,11-13H2,1H3,(H,21,25)(H,23,24). The summed E-state index contributed by atoms with van der Waals surface area (Å²) < 4.78 is 26.9. The lowest BCUT2D eigenvalue weighted by atomic mass is 10.1. The summed E-state index contributed by atoms with van der Waals surface area (Å²) in [7, 11) is -3.69. The van der Waals surface area contributed by atoms with Gasteiger partial charge in [-0.1, -0.05) is 23.7 Å². The van der Waals surface area contributed by atoms with Crippen molar-refractivity contribution in [3.05, 3.63) is 59.1 Å². The van der Waals surface area contributed by atoms with Gasteiger partial charge in [0.1, 0.15) is 0 Å². The maximum absolute atomic E-state index is 12.2. The van der Waals surface area contributed by atoms with Crippen molar-refractivity contribution in [1.82, 2.24) is 10.0 Å². The Morgan fingerprint density at radius 3 is 2.21 bits per heavy atom. The molecular weight excluding hydrogens is 402 g/mol. The first-order chi connectivity index (χ1) is 13.3. The molecule has 0 aliphatic heterocycles. The molecule has 2 amide bonds. The highest BCUT2D eigenvalue weighted by Crippen LogP contribution is 2.14. The second kappa shape index (κ2) is 10.2. The molecule has 0 aliphatic carbocycles. The van der Waals surface area contributed by atoms with Crippen molar-refractivity contribution in [2.75, 3.05) is 18.4 Å². The van der Waals surface area contributed by atoms with E-state index in [9.17, 15) is 18.0 Å². The van der Waals surface area contributed by atoms with Gasteiger partial charge in [-0.2, -0.15) is 0 Å². The molecule has 2 aromatic carbocycles. The average molecular weight is 424 g/mol. The van der Waals surface area contributed by atoms with Crippen molar-refractivity contribution in [2.24, 2.45) is 0 Å². The molecule has 0 atom stereocenters. The minimum absolute atomic E-state index is 0.0719. The molecule has 0 bridgehead atoms. The van der Waals surface area contributed by atoms with E-state index in [4.69, 9.17) is 11.6 Å². The van der Waals surface area contributed by atoms with E-state index >= 15 is 0 Å². The number of rotatable bonds is 9. The number of halogens is 1. The van der Waals surface area contributed by atoms with E-state index in [1.165, 1.54) is 31.2 Å². The average Bonchev–Trinajstić information content (AvgIpc) is 2.65. The zero-order valence-corrected chi connectivity index (χ0v) is 16.9. The van der Waals surface area contributed by atoms with Crippen molar-refractivity contribution >= 4 is 39.1 Å². The highest BCUT2D eigenvalue weighted by atomic mass is 35.5. The molecule has 7 nitrogen and oxygen atoms in total. The van der Waals surface area contributed by atoms with Crippen molar-refractivity contribution in [2.45, 2.75) is 24.7 Å². The van der Waals surface area contributed by atoms with E-state index in [0.29, 0.717) is 23.6 Å². The highest BCUT2D eigenvalue weighted by Gasteiger charge is 2.13. The molecule has 2 aromatic rings. The second-order valence-corrected chi connectivity index (χ2v) is 8.28. The minimum Gasteiger partial charge on any atom is -0.355 e. The van der Waals surface area contributed by atoms with Gasteiger partial charge in [0.05, 0.1) is 4.90 Å². The molecule has 0 heterocycles. The third-order valence-electron chi connectivity index (χ3n) is 3.78. The maximum Gasteiger partial charge on any atom is 0.240 e. The van der Waals surface area contributed by atoms with Gasteiger partial charge in [0.15, 0.2) is 0 Å². The third kappa shape index (κ3) is 7.30. The number of aryl methyl sites for hydroxylation is 1. The molecule has 2 rings (SSSR count). The van der Waals surface area contributed by atoms with Gasteiger partial charge < -0.3 is 10.6 Å². The zero-order chi connectivity index (χ0) is 20.6. The number of nitrogens with one attached hydrogen (secondary N) is 3. The Morgan fingerprint density at radius 2 is 1.61 bits per heavy atom. The topological polar surface area (TPSA) is 104 Å². The molecule has 150 valence electrons. The lowest BCUT2D eigenvalue weighted by Crippen LogP contribution is -2.34. The summed E-state index contributed by atoms with van der Waals surface area (Å²) in [6.45, 7) is 1.63. The van der Waals surface area contributed by atoms with Gasteiger partial charge in [-0.3, -0.25) is 9.59 Å². The molecule has 0 radical (unpaired) electrons. The van der Waals surface area contributed by atoms with Gasteiger partial charge in [-0.05, 0) is 48.4 Å². The molecule has 0 unspecified atom stereocenters. The molecular formula is C19H22ClN3O4S.